The van der Waals surface area contributed by atoms with E-state index < -0.39 is 0 Å². The topological polar surface area (TPSA) is 67.5 Å². The zero-order valence-electron chi connectivity index (χ0n) is 15.6. The molecule has 1 amide bonds. The average Bonchev–Trinajstić information content (AvgIpc) is 3.34. The zero-order chi connectivity index (χ0) is 18.8. The largest absolute Gasteiger partial charge is 0.497 e. The van der Waals surface area contributed by atoms with E-state index >= 15 is 0 Å². The minimum absolute atomic E-state index is 0.00542. The van der Waals surface area contributed by atoms with Crippen molar-refractivity contribution in [3.8, 4) is 11.5 Å². The van der Waals surface area contributed by atoms with Crippen molar-refractivity contribution in [2.45, 2.75) is 25.3 Å². The monoisotopic (exact) mass is 365 g/mol. The van der Waals surface area contributed by atoms with Gasteiger partial charge >= 0.3 is 0 Å². The first kappa shape index (κ1) is 17.4. The molecule has 1 aliphatic heterocycles. The number of nitrogens with one attached hydrogen (secondary N) is 1. The summed E-state index contributed by atoms with van der Waals surface area (Å²) in [4.78, 5) is 23.0. The number of para-hydroxylation sites is 2. The molecule has 1 N–H and O–H groups in total. The maximum atomic E-state index is 13.0. The molecule has 0 bridgehead atoms. The third kappa shape index (κ3) is 3.35. The quantitative estimate of drug-likeness (QED) is 0.752. The van der Waals surface area contributed by atoms with Crippen LogP contribution >= 0.6 is 0 Å². The lowest BCUT2D eigenvalue weighted by atomic mass is 10.1. The molecule has 1 saturated heterocycles. The van der Waals surface area contributed by atoms with Crippen molar-refractivity contribution in [1.29, 1.82) is 0 Å². The van der Waals surface area contributed by atoms with Crippen LogP contribution in [0.3, 0.4) is 0 Å². The van der Waals surface area contributed by atoms with Gasteiger partial charge in [0.15, 0.2) is 0 Å². The van der Waals surface area contributed by atoms with Gasteiger partial charge in [-0.15, -0.1) is 0 Å². The lowest BCUT2D eigenvalue weighted by Crippen LogP contribution is -2.32. The molecule has 0 aliphatic carbocycles. The van der Waals surface area contributed by atoms with Gasteiger partial charge < -0.3 is 19.4 Å². The summed E-state index contributed by atoms with van der Waals surface area (Å²) in [7, 11) is 3.22. The molecule has 1 atom stereocenters. The van der Waals surface area contributed by atoms with Crippen LogP contribution in [-0.4, -0.2) is 41.5 Å². The fraction of sp³-hybridized carbons (Fsp3) is 0.333. The molecule has 4 rings (SSSR count). The molecule has 27 heavy (non-hydrogen) atoms. The van der Waals surface area contributed by atoms with Gasteiger partial charge in [0.25, 0.3) is 0 Å². The predicted octanol–water partition coefficient (Wildman–Crippen LogP) is 3.49. The molecular weight excluding hydrogens is 342 g/mol. The van der Waals surface area contributed by atoms with E-state index in [-0.39, 0.29) is 11.9 Å². The highest BCUT2D eigenvalue weighted by Crippen LogP contribution is 2.33. The Labute approximate surface area is 158 Å². The zero-order valence-corrected chi connectivity index (χ0v) is 15.6. The summed E-state index contributed by atoms with van der Waals surface area (Å²) in [6.07, 6.45) is 2.20. The van der Waals surface area contributed by atoms with Crippen molar-refractivity contribution in [3.63, 3.8) is 0 Å². The number of aromatic nitrogens is 2. The lowest BCUT2D eigenvalue weighted by Gasteiger charge is -2.23. The molecule has 140 valence electrons. The minimum Gasteiger partial charge on any atom is -0.497 e. The number of aromatic amines is 1. The van der Waals surface area contributed by atoms with Crippen molar-refractivity contribution in [3.05, 3.63) is 53.9 Å². The molecule has 6 heteroatoms. The second kappa shape index (κ2) is 7.31. The van der Waals surface area contributed by atoms with Crippen molar-refractivity contribution >= 4 is 16.9 Å². The van der Waals surface area contributed by atoms with Crippen molar-refractivity contribution < 1.29 is 14.3 Å². The van der Waals surface area contributed by atoms with Gasteiger partial charge in [-0.3, -0.25) is 4.79 Å². The van der Waals surface area contributed by atoms with E-state index in [1.807, 2.05) is 47.4 Å². The third-order valence-corrected chi connectivity index (χ3v) is 5.13. The maximum Gasteiger partial charge on any atom is 0.227 e. The number of ether oxygens (including phenoxy) is 2. The summed E-state index contributed by atoms with van der Waals surface area (Å²) in [5, 5.41) is 0. The number of rotatable bonds is 5. The minimum atomic E-state index is -0.00542. The Hall–Kier alpha value is -3.02. The molecule has 1 aliphatic rings. The maximum absolute atomic E-state index is 13.0. The van der Waals surface area contributed by atoms with E-state index in [9.17, 15) is 4.79 Å². The normalized spacial score (nSPS) is 16.7. The van der Waals surface area contributed by atoms with Crippen LogP contribution in [0, 0.1) is 0 Å². The third-order valence-electron chi connectivity index (χ3n) is 5.13. The molecule has 1 aromatic heterocycles. The van der Waals surface area contributed by atoms with Gasteiger partial charge in [0.2, 0.25) is 5.91 Å². The number of carbonyl (C=O) groups is 1. The summed E-state index contributed by atoms with van der Waals surface area (Å²) in [5.74, 6) is 2.33. The van der Waals surface area contributed by atoms with Gasteiger partial charge in [0.05, 0.1) is 37.7 Å². The highest BCUT2D eigenvalue weighted by Gasteiger charge is 2.32. The van der Waals surface area contributed by atoms with E-state index in [1.165, 1.54) is 0 Å². The van der Waals surface area contributed by atoms with Crippen LogP contribution in [0.1, 0.15) is 30.3 Å². The fourth-order valence-corrected chi connectivity index (χ4v) is 3.74. The van der Waals surface area contributed by atoms with E-state index in [0.717, 1.165) is 41.8 Å². The van der Waals surface area contributed by atoms with Crippen LogP contribution in [0.25, 0.3) is 11.0 Å². The van der Waals surface area contributed by atoms with E-state index in [1.54, 1.807) is 14.2 Å². The standard InChI is InChI=1S/C21H23N3O3/c1-26-15-10-9-14(19(13-15)27-2)12-20(25)24-11-5-8-18(24)21-22-16-6-3-4-7-17(16)23-21/h3-4,6-7,9-10,13,18H,5,8,11-12H2,1-2H3,(H,22,23). The number of likely N-dealkylation sites (tertiary alicyclic amines) is 1. The van der Waals surface area contributed by atoms with Gasteiger partial charge in [-0.1, -0.05) is 18.2 Å². The number of imidazole rings is 1. The second-order valence-corrected chi connectivity index (χ2v) is 6.74. The number of hydrogen-bond acceptors (Lipinski definition) is 4. The molecule has 2 aromatic carbocycles. The summed E-state index contributed by atoms with van der Waals surface area (Å²) >= 11 is 0. The van der Waals surface area contributed by atoms with Crippen molar-refractivity contribution in [2.24, 2.45) is 0 Å². The number of fused-ring (bicyclic) bond motifs is 1. The molecular formula is C21H23N3O3. The van der Waals surface area contributed by atoms with Gasteiger partial charge in [-0.25, -0.2) is 4.98 Å². The van der Waals surface area contributed by atoms with E-state index in [2.05, 4.69) is 4.98 Å². The summed E-state index contributed by atoms with van der Waals surface area (Å²) in [5.41, 5.74) is 2.80. The Morgan fingerprint density at radius 2 is 2.07 bits per heavy atom. The molecule has 0 radical (unpaired) electrons. The van der Waals surface area contributed by atoms with Crippen LogP contribution in [0.15, 0.2) is 42.5 Å². The Balaban J connectivity index is 1.56. The van der Waals surface area contributed by atoms with Crippen LogP contribution in [0.4, 0.5) is 0 Å². The van der Waals surface area contributed by atoms with Crippen LogP contribution in [0.5, 0.6) is 11.5 Å². The van der Waals surface area contributed by atoms with E-state index in [0.29, 0.717) is 17.9 Å². The van der Waals surface area contributed by atoms with Crippen LogP contribution < -0.4 is 9.47 Å². The summed E-state index contributed by atoms with van der Waals surface area (Å²) in [6, 6.07) is 13.5. The molecule has 6 nitrogen and oxygen atoms in total. The number of nitrogens with zero attached hydrogens (tertiary/aromatic N) is 2. The predicted molar refractivity (Wildman–Crippen MR) is 103 cm³/mol. The van der Waals surface area contributed by atoms with Crippen molar-refractivity contribution in [1.82, 2.24) is 14.9 Å². The fourth-order valence-electron chi connectivity index (χ4n) is 3.74. The van der Waals surface area contributed by atoms with Gasteiger partial charge in [-0.05, 0) is 31.0 Å². The Bertz CT molecular complexity index is 933. The first-order chi connectivity index (χ1) is 13.2. The highest BCUT2D eigenvalue weighted by molar-refractivity contribution is 5.81. The molecule has 0 spiro atoms. The molecule has 0 saturated carbocycles. The van der Waals surface area contributed by atoms with Gasteiger partial charge in [-0.2, -0.15) is 0 Å². The van der Waals surface area contributed by atoms with Gasteiger partial charge in [0, 0.05) is 18.2 Å². The number of benzene rings is 2. The smallest absolute Gasteiger partial charge is 0.227 e. The molecule has 3 aromatic rings. The summed E-state index contributed by atoms with van der Waals surface area (Å²) < 4.78 is 10.7. The van der Waals surface area contributed by atoms with Gasteiger partial charge in [0.1, 0.15) is 17.3 Å². The number of methoxy groups -OCH3 is 2. The lowest BCUT2D eigenvalue weighted by molar-refractivity contribution is -0.131. The average molecular weight is 365 g/mol. The second-order valence-electron chi connectivity index (χ2n) is 6.74. The number of amides is 1. The van der Waals surface area contributed by atoms with Crippen molar-refractivity contribution in [2.75, 3.05) is 20.8 Å². The Morgan fingerprint density at radius 1 is 1.22 bits per heavy atom. The Morgan fingerprint density at radius 3 is 2.85 bits per heavy atom. The number of carbonyl (C=O) groups excluding carboxylic acids is 1. The number of H-pyrrole nitrogens is 1. The van der Waals surface area contributed by atoms with E-state index in [4.69, 9.17) is 14.5 Å². The number of hydrogen-bond donors (Lipinski definition) is 1. The SMILES string of the molecule is COc1ccc(CC(=O)N2CCCC2c2nc3ccccc3[nH]2)c(OC)c1. The first-order valence-corrected chi connectivity index (χ1v) is 9.14. The Kier molecular flexibility index (Phi) is 4.71. The molecule has 2 heterocycles. The first-order valence-electron chi connectivity index (χ1n) is 9.14. The highest BCUT2D eigenvalue weighted by atomic mass is 16.5. The van der Waals surface area contributed by atoms with Crippen LogP contribution in [-0.2, 0) is 11.2 Å². The molecule has 1 fully saturated rings. The molecule has 1 unspecified atom stereocenters. The summed E-state index contributed by atoms with van der Waals surface area (Å²) in [6.45, 7) is 0.749. The van der Waals surface area contributed by atoms with Crippen LogP contribution in [0.2, 0.25) is 0 Å².